The average molecular weight is 558 g/mol. The molecule has 0 aromatic heterocycles. The number of nitrogens with zero attached hydrogens (tertiary/aromatic N) is 2. The number of aryl methyl sites for hydroxylation is 1. The van der Waals surface area contributed by atoms with Crippen LogP contribution in [-0.2, 0) is 32.6 Å². The topological polar surface area (TPSA) is 86.8 Å². The Kier molecular flexibility index (Phi) is 10.2. The summed E-state index contributed by atoms with van der Waals surface area (Å²) >= 11 is 0. The van der Waals surface area contributed by atoms with Gasteiger partial charge in [0.25, 0.3) is 0 Å². The molecule has 0 aliphatic carbocycles. The normalized spacial score (nSPS) is 12.0. The van der Waals surface area contributed by atoms with Gasteiger partial charge in [0.15, 0.2) is 11.6 Å². The van der Waals surface area contributed by atoms with Crippen LogP contribution in [0.5, 0.6) is 0 Å². The predicted molar refractivity (Wildman–Crippen MR) is 148 cm³/mol. The van der Waals surface area contributed by atoms with Gasteiger partial charge in [0.1, 0.15) is 12.6 Å². The number of rotatable bonds is 12. The van der Waals surface area contributed by atoms with Crippen molar-refractivity contribution in [1.82, 2.24) is 10.2 Å². The minimum absolute atomic E-state index is 0.0396. The number of amides is 2. The second kappa shape index (κ2) is 13.3. The maximum Gasteiger partial charge on any atom is 0.244 e. The molecule has 0 unspecified atom stereocenters. The lowest BCUT2D eigenvalue weighted by atomic mass is 10.0. The molecule has 10 heteroatoms. The highest BCUT2D eigenvalue weighted by molar-refractivity contribution is 7.92. The van der Waals surface area contributed by atoms with Crippen molar-refractivity contribution in [3.63, 3.8) is 0 Å². The van der Waals surface area contributed by atoms with E-state index in [0.717, 1.165) is 41.1 Å². The number of benzene rings is 3. The molecule has 0 bridgehead atoms. The van der Waals surface area contributed by atoms with E-state index < -0.39 is 40.2 Å². The van der Waals surface area contributed by atoms with Crippen molar-refractivity contribution in [2.45, 2.75) is 39.3 Å². The zero-order valence-electron chi connectivity index (χ0n) is 22.2. The minimum atomic E-state index is -4.08. The van der Waals surface area contributed by atoms with Gasteiger partial charge in [0.2, 0.25) is 21.8 Å². The van der Waals surface area contributed by atoms with Gasteiger partial charge < -0.3 is 10.2 Å². The molecular formula is C29H33F2N3O4S. The highest BCUT2D eigenvalue weighted by atomic mass is 32.2. The van der Waals surface area contributed by atoms with Gasteiger partial charge in [-0.3, -0.25) is 13.9 Å². The van der Waals surface area contributed by atoms with Crippen LogP contribution in [0.1, 0.15) is 30.0 Å². The van der Waals surface area contributed by atoms with Gasteiger partial charge in [-0.05, 0) is 42.2 Å². The third-order valence-electron chi connectivity index (χ3n) is 6.29. The van der Waals surface area contributed by atoms with Crippen LogP contribution in [0.25, 0.3) is 0 Å². The van der Waals surface area contributed by atoms with Crippen LogP contribution < -0.4 is 9.62 Å². The number of anilines is 1. The molecule has 3 aromatic rings. The molecule has 0 aliphatic rings. The van der Waals surface area contributed by atoms with E-state index >= 15 is 0 Å². The smallest absolute Gasteiger partial charge is 0.244 e. The van der Waals surface area contributed by atoms with Crippen molar-refractivity contribution >= 4 is 27.5 Å². The molecule has 1 N–H and O–H groups in total. The van der Waals surface area contributed by atoms with Crippen molar-refractivity contribution in [1.29, 1.82) is 0 Å². The van der Waals surface area contributed by atoms with E-state index in [4.69, 9.17) is 0 Å². The lowest BCUT2D eigenvalue weighted by Gasteiger charge is -2.34. The van der Waals surface area contributed by atoms with Crippen LogP contribution in [0.2, 0.25) is 0 Å². The van der Waals surface area contributed by atoms with Gasteiger partial charge >= 0.3 is 0 Å². The highest BCUT2D eigenvalue weighted by Crippen LogP contribution is 2.23. The van der Waals surface area contributed by atoms with Crippen molar-refractivity contribution in [2.24, 2.45) is 0 Å². The van der Waals surface area contributed by atoms with Crippen LogP contribution in [-0.4, -0.2) is 50.5 Å². The molecule has 1 atom stereocenters. The molecule has 0 spiro atoms. The number of hydrogen-bond donors (Lipinski definition) is 1. The van der Waals surface area contributed by atoms with Crippen LogP contribution >= 0.6 is 0 Å². The summed E-state index contributed by atoms with van der Waals surface area (Å²) < 4.78 is 53.7. The van der Waals surface area contributed by atoms with E-state index in [0.29, 0.717) is 17.3 Å². The summed E-state index contributed by atoms with van der Waals surface area (Å²) in [5.41, 5.74) is 2.29. The Hall–Kier alpha value is -3.79. The largest absolute Gasteiger partial charge is 0.354 e. The maximum absolute atomic E-state index is 14.0. The van der Waals surface area contributed by atoms with Gasteiger partial charge in [0.05, 0.1) is 11.9 Å². The Morgan fingerprint density at radius 3 is 2.23 bits per heavy atom. The van der Waals surface area contributed by atoms with Crippen molar-refractivity contribution < 1.29 is 26.8 Å². The number of carbonyl (C=O) groups excluding carboxylic acids is 2. The van der Waals surface area contributed by atoms with Crippen LogP contribution in [0.3, 0.4) is 0 Å². The Bertz CT molecular complexity index is 1400. The molecule has 0 aliphatic heterocycles. The lowest BCUT2D eigenvalue weighted by Crippen LogP contribution is -2.53. The van der Waals surface area contributed by atoms with E-state index in [1.165, 1.54) is 4.90 Å². The van der Waals surface area contributed by atoms with Crippen LogP contribution in [0.4, 0.5) is 14.5 Å². The molecule has 0 heterocycles. The van der Waals surface area contributed by atoms with Gasteiger partial charge in [0, 0.05) is 25.6 Å². The molecule has 208 valence electrons. The summed E-state index contributed by atoms with van der Waals surface area (Å²) in [4.78, 5) is 28.7. The number of carbonyl (C=O) groups is 2. The highest BCUT2D eigenvalue weighted by Gasteiger charge is 2.33. The predicted octanol–water partition coefficient (Wildman–Crippen LogP) is 4.21. The van der Waals surface area contributed by atoms with Crippen molar-refractivity contribution in [3.05, 3.63) is 101 Å². The van der Waals surface area contributed by atoms with Gasteiger partial charge in [-0.25, -0.2) is 17.2 Å². The van der Waals surface area contributed by atoms with E-state index in [1.807, 2.05) is 68.4 Å². The Morgan fingerprint density at radius 2 is 1.62 bits per heavy atom. The number of nitrogens with one attached hydrogen (secondary N) is 1. The Morgan fingerprint density at radius 1 is 0.949 bits per heavy atom. The summed E-state index contributed by atoms with van der Waals surface area (Å²) in [6.45, 7) is 3.53. The van der Waals surface area contributed by atoms with Gasteiger partial charge in [-0.2, -0.15) is 0 Å². The van der Waals surface area contributed by atoms with E-state index in [-0.39, 0.29) is 24.6 Å². The summed E-state index contributed by atoms with van der Waals surface area (Å²) in [6, 6.07) is 18.3. The Labute approximate surface area is 228 Å². The third kappa shape index (κ3) is 8.10. The van der Waals surface area contributed by atoms with E-state index in [9.17, 15) is 26.8 Å². The summed E-state index contributed by atoms with van der Waals surface area (Å²) in [6.07, 6.45) is 1.76. The molecule has 3 rings (SSSR count). The minimum Gasteiger partial charge on any atom is -0.354 e. The van der Waals surface area contributed by atoms with Crippen molar-refractivity contribution in [3.8, 4) is 0 Å². The third-order valence-corrected chi connectivity index (χ3v) is 7.43. The molecule has 3 aromatic carbocycles. The monoisotopic (exact) mass is 557 g/mol. The quantitative estimate of drug-likeness (QED) is 0.362. The first kappa shape index (κ1) is 29.8. The summed E-state index contributed by atoms with van der Waals surface area (Å²) in [7, 11) is -4.08. The average Bonchev–Trinajstić information content (AvgIpc) is 2.90. The van der Waals surface area contributed by atoms with E-state index in [2.05, 4.69) is 5.32 Å². The molecule has 0 saturated carbocycles. The molecule has 0 radical (unpaired) electrons. The number of hydrogen-bond acceptors (Lipinski definition) is 4. The fraction of sp³-hybridized carbons (Fsp3) is 0.310. The first-order valence-electron chi connectivity index (χ1n) is 12.6. The lowest BCUT2D eigenvalue weighted by molar-refractivity contribution is -0.140. The van der Waals surface area contributed by atoms with Crippen LogP contribution in [0.15, 0.2) is 72.8 Å². The fourth-order valence-corrected chi connectivity index (χ4v) is 4.99. The molecule has 0 fully saturated rings. The molecular weight excluding hydrogens is 524 g/mol. The SMILES string of the molecule is CCCNC(=O)[C@H](Cc1ccccc1)N(Cc1ccccc1C)C(=O)CN(c1ccc(F)c(F)c1)S(C)(=O)=O. The Balaban J connectivity index is 2.06. The fourth-order valence-electron chi connectivity index (χ4n) is 4.14. The van der Waals surface area contributed by atoms with Crippen LogP contribution in [0, 0.1) is 18.6 Å². The zero-order chi connectivity index (χ0) is 28.6. The van der Waals surface area contributed by atoms with E-state index in [1.54, 1.807) is 0 Å². The summed E-state index contributed by atoms with van der Waals surface area (Å²) in [5, 5.41) is 2.86. The van der Waals surface area contributed by atoms with Crippen molar-refractivity contribution in [2.75, 3.05) is 23.7 Å². The number of halogens is 2. The second-order valence-electron chi connectivity index (χ2n) is 9.31. The van der Waals surface area contributed by atoms with Gasteiger partial charge in [-0.1, -0.05) is 61.5 Å². The first-order valence-corrected chi connectivity index (χ1v) is 14.4. The van der Waals surface area contributed by atoms with Gasteiger partial charge in [-0.15, -0.1) is 0 Å². The summed E-state index contributed by atoms with van der Waals surface area (Å²) in [5.74, 6) is -3.43. The second-order valence-corrected chi connectivity index (χ2v) is 11.2. The number of sulfonamides is 1. The zero-order valence-corrected chi connectivity index (χ0v) is 23.0. The molecule has 0 saturated heterocycles. The molecule has 7 nitrogen and oxygen atoms in total. The first-order chi connectivity index (χ1) is 18.5. The standard InChI is InChI=1S/C29H33F2N3O4S/c1-4-16-32-29(36)27(17-22-11-6-5-7-12-22)33(19-23-13-9-8-10-21(23)2)28(35)20-34(39(3,37)38)24-14-15-25(30)26(31)18-24/h5-15,18,27H,4,16-17,19-20H2,1-3H3,(H,32,36)/t27-/m0/s1. The maximum atomic E-state index is 14.0. The molecule has 39 heavy (non-hydrogen) atoms. The molecule has 2 amide bonds.